The van der Waals surface area contributed by atoms with E-state index in [1.807, 2.05) is 24.3 Å². The molecule has 0 aliphatic carbocycles. The maximum absolute atomic E-state index is 12.0. The van der Waals surface area contributed by atoms with Crippen molar-refractivity contribution in [2.24, 2.45) is 5.92 Å². The molecule has 1 aromatic carbocycles. The summed E-state index contributed by atoms with van der Waals surface area (Å²) in [6.45, 7) is 5.83. The third-order valence-electron chi connectivity index (χ3n) is 3.06. The fourth-order valence-electron chi connectivity index (χ4n) is 2.06. The van der Waals surface area contributed by atoms with Gasteiger partial charge in [-0.25, -0.2) is 0 Å². The maximum Gasteiger partial charge on any atom is 0.241 e. The van der Waals surface area contributed by atoms with Crippen LogP contribution in [-0.2, 0) is 4.79 Å². The molecular formula is C15H22N2O2. The largest absolute Gasteiger partial charge is 0.493 e. The van der Waals surface area contributed by atoms with E-state index in [1.54, 1.807) is 0 Å². The van der Waals surface area contributed by atoms with E-state index in [-0.39, 0.29) is 11.9 Å². The second kappa shape index (κ2) is 6.57. The number of hydrogen-bond acceptors (Lipinski definition) is 3. The Labute approximate surface area is 114 Å². The number of anilines is 1. The summed E-state index contributed by atoms with van der Waals surface area (Å²) in [5, 5.41) is 6.12. The number of rotatable bonds is 5. The highest BCUT2D eigenvalue weighted by Gasteiger charge is 2.21. The smallest absolute Gasteiger partial charge is 0.241 e. The summed E-state index contributed by atoms with van der Waals surface area (Å²) in [7, 11) is 0. The number of hydrogen-bond donors (Lipinski definition) is 2. The molecule has 2 N–H and O–H groups in total. The summed E-state index contributed by atoms with van der Waals surface area (Å²) in [6.07, 6.45) is 1.98. The van der Waals surface area contributed by atoms with Gasteiger partial charge >= 0.3 is 0 Å². The van der Waals surface area contributed by atoms with Gasteiger partial charge in [0.25, 0.3) is 0 Å². The Bertz CT molecular complexity index is 426. The number of carbonyl (C=O) groups excluding carboxylic acids is 1. The van der Waals surface area contributed by atoms with Crippen molar-refractivity contribution in [3.8, 4) is 5.75 Å². The molecule has 0 saturated carbocycles. The average molecular weight is 262 g/mol. The van der Waals surface area contributed by atoms with Crippen LogP contribution in [0.5, 0.6) is 5.75 Å². The molecule has 2 rings (SSSR count). The first-order valence-electron chi connectivity index (χ1n) is 6.92. The molecule has 0 bridgehead atoms. The molecule has 1 aliphatic heterocycles. The van der Waals surface area contributed by atoms with Crippen LogP contribution in [0.1, 0.15) is 26.7 Å². The molecule has 4 nitrogen and oxygen atoms in total. The minimum Gasteiger partial charge on any atom is -0.493 e. The van der Waals surface area contributed by atoms with E-state index in [1.165, 1.54) is 0 Å². The summed E-state index contributed by atoms with van der Waals surface area (Å²) in [4.78, 5) is 12.0. The molecule has 1 fully saturated rings. The highest BCUT2D eigenvalue weighted by Crippen LogP contribution is 2.19. The van der Waals surface area contributed by atoms with E-state index >= 15 is 0 Å². The van der Waals surface area contributed by atoms with Gasteiger partial charge < -0.3 is 15.4 Å². The summed E-state index contributed by atoms with van der Waals surface area (Å²) < 4.78 is 5.65. The molecule has 0 radical (unpaired) electrons. The monoisotopic (exact) mass is 262 g/mol. The van der Waals surface area contributed by atoms with Gasteiger partial charge in [-0.2, -0.15) is 0 Å². The molecule has 0 unspecified atom stereocenters. The van der Waals surface area contributed by atoms with Gasteiger partial charge in [0, 0.05) is 11.8 Å². The van der Waals surface area contributed by atoms with Crippen LogP contribution in [0.15, 0.2) is 24.3 Å². The van der Waals surface area contributed by atoms with Crippen LogP contribution in [0.2, 0.25) is 0 Å². The molecule has 19 heavy (non-hydrogen) atoms. The van der Waals surface area contributed by atoms with Crippen LogP contribution in [0.3, 0.4) is 0 Å². The van der Waals surface area contributed by atoms with Crippen molar-refractivity contribution in [3.05, 3.63) is 24.3 Å². The Balaban J connectivity index is 1.92. The first-order valence-corrected chi connectivity index (χ1v) is 6.92. The van der Waals surface area contributed by atoms with Crippen molar-refractivity contribution in [3.63, 3.8) is 0 Å². The molecule has 1 saturated heterocycles. The fourth-order valence-corrected chi connectivity index (χ4v) is 2.06. The lowest BCUT2D eigenvalue weighted by atomic mass is 10.2. The fraction of sp³-hybridized carbons (Fsp3) is 0.533. The van der Waals surface area contributed by atoms with Gasteiger partial charge in [-0.3, -0.25) is 4.79 Å². The lowest BCUT2D eigenvalue weighted by Crippen LogP contribution is -2.35. The van der Waals surface area contributed by atoms with Crippen molar-refractivity contribution >= 4 is 11.6 Å². The Morgan fingerprint density at radius 2 is 2.37 bits per heavy atom. The summed E-state index contributed by atoms with van der Waals surface area (Å²) in [6, 6.07) is 7.50. The molecule has 1 atom stereocenters. The van der Waals surface area contributed by atoms with Crippen LogP contribution >= 0.6 is 0 Å². The summed E-state index contributed by atoms with van der Waals surface area (Å²) in [5.74, 6) is 1.32. The molecule has 4 heteroatoms. The van der Waals surface area contributed by atoms with Gasteiger partial charge in [0.15, 0.2) is 0 Å². The highest BCUT2D eigenvalue weighted by molar-refractivity contribution is 5.95. The Hall–Kier alpha value is -1.55. The SMILES string of the molecule is CC(C)COc1cccc(NC(=O)[C@@H]2CCCN2)c1. The average Bonchev–Trinajstić information content (AvgIpc) is 2.91. The lowest BCUT2D eigenvalue weighted by molar-refractivity contribution is -0.117. The van der Waals surface area contributed by atoms with Crippen LogP contribution in [0.4, 0.5) is 5.69 Å². The van der Waals surface area contributed by atoms with Gasteiger partial charge in [-0.15, -0.1) is 0 Å². The normalized spacial score (nSPS) is 18.6. The molecule has 1 heterocycles. The molecule has 104 valence electrons. The maximum atomic E-state index is 12.0. The van der Waals surface area contributed by atoms with E-state index in [0.717, 1.165) is 30.8 Å². The van der Waals surface area contributed by atoms with Crippen LogP contribution < -0.4 is 15.4 Å². The van der Waals surface area contributed by atoms with Crippen molar-refractivity contribution in [1.82, 2.24) is 5.32 Å². The third kappa shape index (κ3) is 4.24. The first-order chi connectivity index (χ1) is 9.15. The van der Waals surface area contributed by atoms with Crippen molar-refractivity contribution in [1.29, 1.82) is 0 Å². The Kier molecular flexibility index (Phi) is 4.80. The van der Waals surface area contributed by atoms with Gasteiger partial charge in [-0.1, -0.05) is 19.9 Å². The number of amides is 1. The third-order valence-corrected chi connectivity index (χ3v) is 3.06. The van der Waals surface area contributed by atoms with Crippen LogP contribution in [0.25, 0.3) is 0 Å². The molecule has 0 spiro atoms. The standard InChI is InChI=1S/C15H22N2O2/c1-11(2)10-19-13-6-3-5-12(9-13)17-15(18)14-7-4-8-16-14/h3,5-6,9,11,14,16H,4,7-8,10H2,1-2H3,(H,17,18)/t14-/m0/s1. The number of ether oxygens (including phenoxy) is 1. The molecule has 1 aliphatic rings. The summed E-state index contributed by atoms with van der Waals surface area (Å²) >= 11 is 0. The van der Waals surface area contributed by atoms with Crippen molar-refractivity contribution in [2.75, 3.05) is 18.5 Å². The topological polar surface area (TPSA) is 50.4 Å². The minimum absolute atomic E-state index is 0.0403. The predicted octanol–water partition coefficient (Wildman–Crippen LogP) is 2.41. The van der Waals surface area contributed by atoms with E-state index < -0.39 is 0 Å². The zero-order valence-electron chi connectivity index (χ0n) is 11.6. The Morgan fingerprint density at radius 3 is 3.05 bits per heavy atom. The van der Waals surface area contributed by atoms with Gasteiger partial charge in [0.1, 0.15) is 5.75 Å². The quantitative estimate of drug-likeness (QED) is 0.856. The van der Waals surface area contributed by atoms with E-state index in [9.17, 15) is 4.79 Å². The number of carbonyl (C=O) groups is 1. The molecule has 1 amide bonds. The lowest BCUT2D eigenvalue weighted by Gasteiger charge is -2.13. The predicted molar refractivity (Wildman–Crippen MR) is 76.4 cm³/mol. The van der Waals surface area contributed by atoms with Crippen molar-refractivity contribution in [2.45, 2.75) is 32.7 Å². The molecule has 1 aromatic rings. The second-order valence-electron chi connectivity index (χ2n) is 5.37. The van der Waals surface area contributed by atoms with Crippen LogP contribution in [0, 0.1) is 5.92 Å². The van der Waals surface area contributed by atoms with E-state index in [0.29, 0.717) is 12.5 Å². The first kappa shape index (κ1) is 13.9. The van der Waals surface area contributed by atoms with Gasteiger partial charge in [-0.05, 0) is 37.4 Å². The van der Waals surface area contributed by atoms with E-state index in [4.69, 9.17) is 4.74 Å². The zero-order valence-corrected chi connectivity index (χ0v) is 11.6. The number of benzene rings is 1. The highest BCUT2D eigenvalue weighted by atomic mass is 16.5. The number of nitrogens with one attached hydrogen (secondary N) is 2. The molecule has 0 aromatic heterocycles. The van der Waals surface area contributed by atoms with Crippen molar-refractivity contribution < 1.29 is 9.53 Å². The zero-order chi connectivity index (χ0) is 13.7. The van der Waals surface area contributed by atoms with Crippen LogP contribution in [-0.4, -0.2) is 25.1 Å². The summed E-state index contributed by atoms with van der Waals surface area (Å²) in [5.41, 5.74) is 0.792. The molecular weight excluding hydrogens is 240 g/mol. The minimum atomic E-state index is -0.0553. The van der Waals surface area contributed by atoms with Gasteiger partial charge in [0.05, 0.1) is 12.6 Å². The second-order valence-corrected chi connectivity index (χ2v) is 5.37. The Morgan fingerprint density at radius 1 is 1.53 bits per heavy atom. The van der Waals surface area contributed by atoms with Gasteiger partial charge in [0.2, 0.25) is 5.91 Å². The van der Waals surface area contributed by atoms with E-state index in [2.05, 4.69) is 24.5 Å².